The van der Waals surface area contributed by atoms with Crippen LogP contribution in [-0.4, -0.2) is 19.7 Å². The molecule has 2 aromatic rings. The van der Waals surface area contributed by atoms with E-state index in [9.17, 15) is 0 Å². The van der Waals surface area contributed by atoms with E-state index in [0.29, 0.717) is 0 Å². The van der Waals surface area contributed by atoms with Crippen LogP contribution in [0.1, 0.15) is 26.1 Å². The standard InChI is InChI=1S/C10H9BrN4.C2H6/c11-8-4-1-3-7(12-8)10-14-13-9-5-2-6-15(9)10;1-2/h1,3-4H,2,5-6H2;1-2H3. The number of rotatable bonds is 1. The summed E-state index contributed by atoms with van der Waals surface area (Å²) in [5.41, 5.74) is 0.880. The average Bonchev–Trinajstić information content (AvgIpc) is 2.93. The van der Waals surface area contributed by atoms with Gasteiger partial charge in [0.2, 0.25) is 0 Å². The van der Waals surface area contributed by atoms with Crippen LogP contribution in [0.4, 0.5) is 0 Å². The van der Waals surface area contributed by atoms with Crippen molar-refractivity contribution < 1.29 is 0 Å². The number of aryl methyl sites for hydroxylation is 1. The summed E-state index contributed by atoms with van der Waals surface area (Å²) >= 11 is 3.36. The molecule has 5 heteroatoms. The van der Waals surface area contributed by atoms with E-state index in [1.165, 1.54) is 0 Å². The number of hydrogen-bond donors (Lipinski definition) is 0. The van der Waals surface area contributed by atoms with Crippen LogP contribution < -0.4 is 0 Å². The minimum atomic E-state index is 0.829. The quantitative estimate of drug-likeness (QED) is 0.759. The molecule has 1 aliphatic heterocycles. The molecule has 0 spiro atoms. The predicted octanol–water partition coefficient (Wildman–Crippen LogP) is 3.08. The molecule has 0 atom stereocenters. The van der Waals surface area contributed by atoms with Crippen molar-refractivity contribution in [1.82, 2.24) is 19.7 Å². The topological polar surface area (TPSA) is 43.6 Å². The number of fused-ring (bicyclic) bond motifs is 1. The van der Waals surface area contributed by atoms with Crippen LogP contribution in [0, 0.1) is 0 Å². The third-order valence-corrected chi connectivity index (χ3v) is 3.00. The van der Waals surface area contributed by atoms with Crippen molar-refractivity contribution in [3.8, 4) is 11.5 Å². The van der Waals surface area contributed by atoms with Crippen molar-refractivity contribution >= 4 is 15.9 Å². The summed E-state index contributed by atoms with van der Waals surface area (Å²) in [6, 6.07) is 5.83. The molecule has 17 heavy (non-hydrogen) atoms. The van der Waals surface area contributed by atoms with Crippen LogP contribution in [0.25, 0.3) is 11.5 Å². The van der Waals surface area contributed by atoms with E-state index in [1.54, 1.807) is 0 Å². The third kappa shape index (κ3) is 2.39. The Balaban J connectivity index is 0.000000514. The van der Waals surface area contributed by atoms with Crippen molar-refractivity contribution in [2.45, 2.75) is 33.2 Å². The number of nitrogens with zero attached hydrogens (tertiary/aromatic N) is 4. The van der Waals surface area contributed by atoms with E-state index >= 15 is 0 Å². The Morgan fingerprint density at radius 3 is 2.82 bits per heavy atom. The van der Waals surface area contributed by atoms with Gasteiger partial charge in [0.25, 0.3) is 0 Å². The SMILES string of the molecule is Brc1cccc(-c2nnc3n2CCC3)n1.CC. The first kappa shape index (κ1) is 12.2. The van der Waals surface area contributed by atoms with Gasteiger partial charge in [0.05, 0.1) is 0 Å². The molecule has 90 valence electrons. The molecule has 0 bridgehead atoms. The van der Waals surface area contributed by atoms with Gasteiger partial charge in [-0.05, 0) is 34.5 Å². The molecule has 2 aromatic heterocycles. The Hall–Kier alpha value is -1.23. The molecule has 3 heterocycles. The van der Waals surface area contributed by atoms with Crippen LogP contribution in [0.3, 0.4) is 0 Å². The van der Waals surface area contributed by atoms with Gasteiger partial charge in [0, 0.05) is 13.0 Å². The minimum Gasteiger partial charge on any atom is -0.310 e. The lowest BCUT2D eigenvalue weighted by atomic mass is 10.3. The zero-order chi connectivity index (χ0) is 12.3. The van der Waals surface area contributed by atoms with Crippen molar-refractivity contribution in [1.29, 1.82) is 0 Å². The van der Waals surface area contributed by atoms with Crippen LogP contribution in [0.5, 0.6) is 0 Å². The highest BCUT2D eigenvalue weighted by Gasteiger charge is 2.18. The van der Waals surface area contributed by atoms with Gasteiger partial charge in [-0.25, -0.2) is 4.98 Å². The molecular formula is C12H15BrN4. The summed E-state index contributed by atoms with van der Waals surface area (Å²) in [7, 11) is 0. The second-order valence-electron chi connectivity index (χ2n) is 3.54. The van der Waals surface area contributed by atoms with Gasteiger partial charge in [0.1, 0.15) is 16.1 Å². The maximum absolute atomic E-state index is 4.39. The number of pyridine rings is 1. The lowest BCUT2D eigenvalue weighted by Crippen LogP contribution is -1.97. The first-order valence-electron chi connectivity index (χ1n) is 5.89. The molecule has 0 amide bonds. The van der Waals surface area contributed by atoms with E-state index < -0.39 is 0 Å². The van der Waals surface area contributed by atoms with Gasteiger partial charge in [0.15, 0.2) is 5.82 Å². The third-order valence-electron chi connectivity index (χ3n) is 2.55. The van der Waals surface area contributed by atoms with Crippen molar-refractivity contribution in [3.63, 3.8) is 0 Å². The van der Waals surface area contributed by atoms with Crippen LogP contribution in [0.15, 0.2) is 22.8 Å². The number of halogens is 1. The molecule has 4 nitrogen and oxygen atoms in total. The highest BCUT2D eigenvalue weighted by atomic mass is 79.9. The van der Waals surface area contributed by atoms with Gasteiger partial charge in [-0.15, -0.1) is 10.2 Å². The van der Waals surface area contributed by atoms with Crippen LogP contribution in [0.2, 0.25) is 0 Å². The maximum atomic E-state index is 4.39. The van der Waals surface area contributed by atoms with E-state index in [1.807, 2.05) is 32.0 Å². The minimum absolute atomic E-state index is 0.829. The van der Waals surface area contributed by atoms with Crippen LogP contribution in [-0.2, 0) is 13.0 Å². The fourth-order valence-corrected chi connectivity index (χ4v) is 2.22. The molecular weight excluding hydrogens is 280 g/mol. The van der Waals surface area contributed by atoms with E-state index in [2.05, 4.69) is 35.7 Å². The lowest BCUT2D eigenvalue weighted by Gasteiger charge is -2.01. The number of aromatic nitrogens is 4. The second-order valence-corrected chi connectivity index (χ2v) is 4.35. The Morgan fingerprint density at radius 1 is 1.24 bits per heavy atom. The Bertz CT molecular complexity index is 507. The van der Waals surface area contributed by atoms with Crippen molar-refractivity contribution in [2.24, 2.45) is 0 Å². The zero-order valence-electron chi connectivity index (χ0n) is 10.0. The smallest absolute Gasteiger partial charge is 0.182 e. The fourth-order valence-electron chi connectivity index (χ4n) is 1.87. The monoisotopic (exact) mass is 294 g/mol. The van der Waals surface area contributed by atoms with E-state index in [-0.39, 0.29) is 0 Å². The highest BCUT2D eigenvalue weighted by Crippen LogP contribution is 2.22. The molecule has 0 saturated heterocycles. The maximum Gasteiger partial charge on any atom is 0.182 e. The summed E-state index contributed by atoms with van der Waals surface area (Å²) < 4.78 is 2.98. The fraction of sp³-hybridized carbons (Fsp3) is 0.417. The van der Waals surface area contributed by atoms with Crippen molar-refractivity contribution in [3.05, 3.63) is 28.6 Å². The summed E-state index contributed by atoms with van der Waals surface area (Å²) in [4.78, 5) is 4.39. The molecule has 0 saturated carbocycles. The number of hydrogen-bond acceptors (Lipinski definition) is 3. The zero-order valence-corrected chi connectivity index (χ0v) is 11.6. The Kier molecular flexibility index (Phi) is 3.89. The molecule has 0 aliphatic carbocycles. The molecule has 0 fully saturated rings. The molecule has 1 aliphatic rings. The lowest BCUT2D eigenvalue weighted by molar-refractivity contribution is 0.746. The average molecular weight is 295 g/mol. The second kappa shape index (κ2) is 5.40. The largest absolute Gasteiger partial charge is 0.310 e. The summed E-state index contributed by atoms with van der Waals surface area (Å²) in [6.07, 6.45) is 2.19. The van der Waals surface area contributed by atoms with Crippen LogP contribution >= 0.6 is 15.9 Å². The highest BCUT2D eigenvalue weighted by molar-refractivity contribution is 9.10. The van der Waals surface area contributed by atoms with Gasteiger partial charge in [-0.3, -0.25) is 0 Å². The first-order valence-corrected chi connectivity index (χ1v) is 6.69. The summed E-state index contributed by atoms with van der Waals surface area (Å²) in [5.74, 6) is 1.95. The Labute approximate surface area is 109 Å². The van der Waals surface area contributed by atoms with E-state index in [4.69, 9.17) is 0 Å². The van der Waals surface area contributed by atoms with Gasteiger partial charge < -0.3 is 4.57 Å². The Morgan fingerprint density at radius 2 is 2.06 bits per heavy atom. The molecule has 0 radical (unpaired) electrons. The van der Waals surface area contributed by atoms with Gasteiger partial charge >= 0.3 is 0 Å². The molecule has 0 aromatic carbocycles. The molecule has 3 rings (SSSR count). The summed E-state index contributed by atoms with van der Waals surface area (Å²) in [5, 5.41) is 8.34. The van der Waals surface area contributed by atoms with Crippen molar-refractivity contribution in [2.75, 3.05) is 0 Å². The van der Waals surface area contributed by atoms with Gasteiger partial charge in [-0.2, -0.15) is 0 Å². The molecule has 0 unspecified atom stereocenters. The predicted molar refractivity (Wildman–Crippen MR) is 70.6 cm³/mol. The normalized spacial score (nSPS) is 12.9. The molecule has 0 N–H and O–H groups in total. The first-order chi connectivity index (χ1) is 8.34. The summed E-state index contributed by atoms with van der Waals surface area (Å²) in [6.45, 7) is 5.01. The van der Waals surface area contributed by atoms with E-state index in [0.717, 1.165) is 41.3 Å². The van der Waals surface area contributed by atoms with Gasteiger partial charge in [-0.1, -0.05) is 19.9 Å².